The first-order valence-corrected chi connectivity index (χ1v) is 11.9. The summed E-state index contributed by atoms with van der Waals surface area (Å²) in [6.07, 6.45) is 4.14. The van der Waals surface area contributed by atoms with Gasteiger partial charge in [-0.1, -0.05) is 30.3 Å². The van der Waals surface area contributed by atoms with E-state index in [1.165, 1.54) is 10.9 Å². The molecule has 4 aliphatic rings. The minimum absolute atomic E-state index is 0.00768. The number of nitrogens with one attached hydrogen (secondary N) is 2. The minimum Gasteiger partial charge on any atom is -0.356 e. The highest BCUT2D eigenvalue weighted by Crippen LogP contribution is 2.57. The van der Waals surface area contributed by atoms with E-state index in [1.54, 1.807) is 0 Å². The minimum atomic E-state index is -0.262. The van der Waals surface area contributed by atoms with E-state index in [9.17, 15) is 9.59 Å². The zero-order chi connectivity index (χ0) is 22.0. The van der Waals surface area contributed by atoms with E-state index in [0.29, 0.717) is 5.56 Å². The van der Waals surface area contributed by atoms with Crippen LogP contribution in [0.4, 0.5) is 0 Å². The number of benzene rings is 2. The maximum Gasteiger partial charge on any atom is 0.251 e. The van der Waals surface area contributed by atoms with E-state index in [1.807, 2.05) is 41.3 Å². The zero-order valence-electron chi connectivity index (χ0n) is 18.0. The first kappa shape index (κ1) is 19.9. The van der Waals surface area contributed by atoms with Gasteiger partial charge >= 0.3 is 0 Å². The topological polar surface area (TPSA) is 65.2 Å². The molecule has 164 valence electrons. The molecule has 3 aliphatic carbocycles. The lowest BCUT2D eigenvalue weighted by molar-refractivity contribution is -0.133. The number of amides is 2. The van der Waals surface area contributed by atoms with Crippen molar-refractivity contribution in [1.82, 2.24) is 15.2 Å². The molecule has 2 amide bonds. The van der Waals surface area contributed by atoms with Crippen molar-refractivity contribution < 1.29 is 9.59 Å². The number of hydrogen-bond acceptors (Lipinski definition) is 2. The Hall–Kier alpha value is -2.79. The summed E-state index contributed by atoms with van der Waals surface area (Å²) >= 11 is 6.01. The van der Waals surface area contributed by atoms with Crippen LogP contribution in [0.15, 0.2) is 48.5 Å². The Labute approximate surface area is 192 Å². The number of carbonyl (C=O) groups is 2. The monoisotopic (exact) mass is 447 g/mol. The number of aromatic nitrogens is 1. The van der Waals surface area contributed by atoms with Crippen molar-refractivity contribution in [3.63, 3.8) is 0 Å². The first-order chi connectivity index (χ1) is 15.5. The normalized spacial score (nSPS) is 27.9. The molecule has 1 aliphatic heterocycles. The van der Waals surface area contributed by atoms with Gasteiger partial charge in [-0.05, 0) is 67.9 Å². The second-order valence-electron chi connectivity index (χ2n) is 9.79. The molecule has 3 aromatic rings. The summed E-state index contributed by atoms with van der Waals surface area (Å²) < 4.78 is 0. The quantitative estimate of drug-likeness (QED) is 0.576. The number of aromatic amines is 1. The number of H-pyrrole nitrogens is 1. The van der Waals surface area contributed by atoms with E-state index in [2.05, 4.69) is 29.4 Å². The molecule has 0 saturated heterocycles. The fourth-order valence-corrected chi connectivity index (χ4v) is 6.15. The van der Waals surface area contributed by atoms with Crippen LogP contribution in [-0.2, 0) is 11.2 Å². The van der Waals surface area contributed by atoms with Gasteiger partial charge in [-0.2, -0.15) is 0 Å². The number of fused-ring (bicyclic) bond motifs is 3. The van der Waals surface area contributed by atoms with Gasteiger partial charge in [0.1, 0.15) is 5.88 Å². The van der Waals surface area contributed by atoms with Crippen molar-refractivity contribution in [3.8, 4) is 0 Å². The third kappa shape index (κ3) is 2.91. The van der Waals surface area contributed by atoms with Crippen molar-refractivity contribution in [3.05, 3.63) is 70.9 Å². The van der Waals surface area contributed by atoms with Crippen molar-refractivity contribution in [2.45, 2.75) is 50.2 Å². The molecule has 2 N–H and O–H groups in total. The highest BCUT2D eigenvalue weighted by molar-refractivity contribution is 6.27. The molecule has 2 atom stereocenters. The lowest BCUT2D eigenvalue weighted by Crippen LogP contribution is -2.68. The highest BCUT2D eigenvalue weighted by Gasteiger charge is 2.57. The second kappa shape index (κ2) is 7.11. The van der Waals surface area contributed by atoms with Gasteiger partial charge < -0.3 is 15.2 Å². The van der Waals surface area contributed by atoms with Crippen molar-refractivity contribution in [2.75, 3.05) is 5.88 Å². The Kier molecular flexibility index (Phi) is 4.41. The molecular weight excluding hydrogens is 422 g/mol. The van der Waals surface area contributed by atoms with E-state index in [0.717, 1.165) is 48.4 Å². The van der Waals surface area contributed by atoms with Crippen LogP contribution in [0, 0.1) is 5.92 Å². The lowest BCUT2D eigenvalue weighted by atomic mass is 9.50. The molecule has 2 aromatic carbocycles. The zero-order valence-corrected chi connectivity index (χ0v) is 18.8. The summed E-state index contributed by atoms with van der Waals surface area (Å²) in [5.41, 5.74) is 5.06. The maximum absolute atomic E-state index is 12.9. The lowest BCUT2D eigenvalue weighted by Gasteiger charge is -2.61. The van der Waals surface area contributed by atoms with Crippen LogP contribution in [0.1, 0.15) is 59.4 Å². The summed E-state index contributed by atoms with van der Waals surface area (Å²) in [6, 6.07) is 15.7. The van der Waals surface area contributed by atoms with Gasteiger partial charge in [-0.3, -0.25) is 9.59 Å². The molecular formula is C26H26ClN3O2. The fourth-order valence-electron chi connectivity index (χ4n) is 6.01. The molecule has 32 heavy (non-hydrogen) atoms. The van der Waals surface area contributed by atoms with E-state index in [-0.39, 0.29) is 35.3 Å². The van der Waals surface area contributed by atoms with Gasteiger partial charge in [0.05, 0.1) is 6.04 Å². The number of hydrogen-bond donors (Lipinski definition) is 2. The highest BCUT2D eigenvalue weighted by atomic mass is 35.5. The van der Waals surface area contributed by atoms with Crippen LogP contribution in [0.5, 0.6) is 0 Å². The van der Waals surface area contributed by atoms with E-state index in [4.69, 9.17) is 11.6 Å². The molecule has 0 unspecified atom stereocenters. The van der Waals surface area contributed by atoms with Gasteiger partial charge in [0, 0.05) is 33.7 Å². The molecule has 5 nitrogen and oxygen atoms in total. The molecule has 6 heteroatoms. The summed E-state index contributed by atoms with van der Waals surface area (Å²) in [5, 5.41) is 4.42. The van der Waals surface area contributed by atoms with Gasteiger partial charge in [0.25, 0.3) is 5.91 Å². The van der Waals surface area contributed by atoms with Crippen LogP contribution in [0.2, 0.25) is 0 Å². The Morgan fingerprint density at radius 1 is 1.12 bits per heavy atom. The number of carbonyl (C=O) groups excluding carboxylic acids is 2. The predicted octanol–water partition coefficient (Wildman–Crippen LogP) is 4.55. The van der Waals surface area contributed by atoms with Crippen LogP contribution in [0.25, 0.3) is 10.9 Å². The molecule has 2 bridgehead atoms. The molecule has 0 radical (unpaired) electrons. The molecule has 3 fully saturated rings. The average Bonchev–Trinajstić information content (AvgIpc) is 3.12. The Morgan fingerprint density at radius 2 is 1.84 bits per heavy atom. The Morgan fingerprint density at radius 3 is 2.50 bits per heavy atom. The van der Waals surface area contributed by atoms with Crippen LogP contribution in [0.3, 0.4) is 0 Å². The second-order valence-corrected chi connectivity index (χ2v) is 10.1. The van der Waals surface area contributed by atoms with Gasteiger partial charge in [0.2, 0.25) is 5.91 Å². The molecule has 1 aromatic heterocycles. The fraction of sp³-hybridized carbons (Fsp3) is 0.385. The maximum atomic E-state index is 12.9. The Balaban J connectivity index is 1.37. The largest absolute Gasteiger partial charge is 0.356 e. The Bertz CT molecular complexity index is 1210. The van der Waals surface area contributed by atoms with Gasteiger partial charge in [-0.15, -0.1) is 11.6 Å². The summed E-state index contributed by atoms with van der Waals surface area (Å²) in [4.78, 5) is 31.1. The third-order valence-electron chi connectivity index (χ3n) is 7.68. The standard InChI is InChI=1S/C26H26ClN3O2/c1-15-10-20-19-4-2-3-5-21(19)28-23(20)24(30(15)22(31)14-27)17-6-8-18(9-7-17)25(32)29-26-11-16(12-26)13-26/h2-9,15-16,24,28H,10-14H2,1H3,(H,29,32)/t15-,16?,24-,26?/m0/s1. The van der Waals surface area contributed by atoms with Gasteiger partial charge in [-0.25, -0.2) is 0 Å². The van der Waals surface area contributed by atoms with Crippen LogP contribution >= 0.6 is 11.6 Å². The molecule has 0 spiro atoms. The van der Waals surface area contributed by atoms with Crippen molar-refractivity contribution in [2.24, 2.45) is 5.92 Å². The number of para-hydroxylation sites is 1. The van der Waals surface area contributed by atoms with Gasteiger partial charge in [0.15, 0.2) is 0 Å². The number of rotatable bonds is 4. The van der Waals surface area contributed by atoms with Crippen molar-refractivity contribution in [1.29, 1.82) is 0 Å². The smallest absolute Gasteiger partial charge is 0.251 e. The molecule has 2 heterocycles. The summed E-state index contributed by atoms with van der Waals surface area (Å²) in [6.45, 7) is 2.08. The SMILES string of the molecule is C[C@H]1Cc2c([nH]c3ccccc23)[C@H](c2ccc(C(=O)NC34CC(C3)C4)cc2)N1C(=O)CCl. The first-order valence-electron chi connectivity index (χ1n) is 11.4. The third-order valence-corrected chi connectivity index (χ3v) is 7.91. The number of halogens is 1. The molecule has 3 saturated carbocycles. The van der Waals surface area contributed by atoms with Crippen LogP contribution < -0.4 is 5.32 Å². The van der Waals surface area contributed by atoms with Crippen LogP contribution in [-0.4, -0.2) is 39.2 Å². The number of nitrogens with zero attached hydrogens (tertiary/aromatic N) is 1. The number of alkyl halides is 1. The summed E-state index contributed by atoms with van der Waals surface area (Å²) in [5.74, 6) is 0.674. The average molecular weight is 448 g/mol. The van der Waals surface area contributed by atoms with E-state index < -0.39 is 0 Å². The van der Waals surface area contributed by atoms with E-state index >= 15 is 0 Å². The van der Waals surface area contributed by atoms with Crippen molar-refractivity contribution >= 4 is 34.3 Å². The molecule has 7 rings (SSSR count). The summed E-state index contributed by atoms with van der Waals surface area (Å²) in [7, 11) is 0. The predicted molar refractivity (Wildman–Crippen MR) is 125 cm³/mol.